The molecule has 7 heteroatoms. The lowest BCUT2D eigenvalue weighted by Crippen LogP contribution is -2.42. The van der Waals surface area contributed by atoms with Gasteiger partial charge in [-0.2, -0.15) is 0 Å². The smallest absolute Gasteiger partial charge is 0.337 e. The highest BCUT2D eigenvalue weighted by molar-refractivity contribution is 9.09. The van der Waals surface area contributed by atoms with Crippen LogP contribution in [-0.2, 0) is 23.7 Å². The Bertz CT molecular complexity index is 300. The Balaban J connectivity index is 4.59. The van der Waals surface area contributed by atoms with Crippen LogP contribution in [0.25, 0.3) is 0 Å². The molecule has 0 aliphatic rings. The van der Waals surface area contributed by atoms with Gasteiger partial charge in [-0.3, -0.25) is 0 Å². The maximum Gasteiger partial charge on any atom is 0.337 e. The van der Waals surface area contributed by atoms with Crippen LogP contribution < -0.4 is 0 Å². The van der Waals surface area contributed by atoms with Crippen molar-refractivity contribution in [2.24, 2.45) is 0 Å². The molecule has 0 aliphatic carbocycles. The Hall–Kier alpha value is -0.210. The number of hydrogen-bond acceptors (Lipinski definition) is 6. The molecule has 4 atom stereocenters. The van der Waals surface area contributed by atoms with Crippen molar-refractivity contribution in [1.29, 1.82) is 0 Å². The van der Waals surface area contributed by atoms with Crippen LogP contribution in [0.15, 0.2) is 0 Å². The third-order valence-corrected chi connectivity index (χ3v) is 4.00. The number of halogens is 1. The zero-order valence-electron chi connectivity index (χ0n) is 14.6. The van der Waals surface area contributed by atoms with Gasteiger partial charge in [0.15, 0.2) is 6.10 Å². The number of carbonyl (C=O) groups excluding carboxylic acids is 1. The first-order valence-corrected chi connectivity index (χ1v) is 9.14. The molecule has 1 unspecified atom stereocenters. The van der Waals surface area contributed by atoms with Gasteiger partial charge in [0.05, 0.1) is 19.8 Å². The average molecular weight is 399 g/mol. The van der Waals surface area contributed by atoms with Crippen LogP contribution in [0, 0.1) is 0 Å². The molecule has 0 saturated heterocycles. The molecule has 0 radical (unpaired) electrons. The van der Waals surface area contributed by atoms with E-state index in [9.17, 15) is 9.90 Å². The molecular weight excluding hydrogens is 368 g/mol. The second kappa shape index (κ2) is 14.2. The molecule has 0 fully saturated rings. The summed E-state index contributed by atoms with van der Waals surface area (Å²) in [4.78, 5) is 11.7. The molecule has 0 spiro atoms. The van der Waals surface area contributed by atoms with Crippen LogP contribution in [0.2, 0.25) is 0 Å². The zero-order valence-corrected chi connectivity index (χ0v) is 16.2. The van der Waals surface area contributed by atoms with Gasteiger partial charge in [-0.15, -0.1) is 0 Å². The van der Waals surface area contributed by atoms with E-state index in [2.05, 4.69) is 34.5 Å². The molecule has 0 aromatic heterocycles. The Morgan fingerprint density at radius 1 is 1.17 bits per heavy atom. The molecule has 0 bridgehead atoms. The fourth-order valence-corrected chi connectivity index (χ4v) is 2.27. The predicted molar refractivity (Wildman–Crippen MR) is 91.7 cm³/mol. The molecule has 0 rings (SSSR count). The van der Waals surface area contributed by atoms with E-state index in [4.69, 9.17) is 14.2 Å². The summed E-state index contributed by atoms with van der Waals surface area (Å²) in [6, 6.07) is 0. The van der Waals surface area contributed by atoms with Crippen molar-refractivity contribution in [1.82, 2.24) is 0 Å². The lowest BCUT2D eigenvalue weighted by Gasteiger charge is -2.27. The van der Waals surface area contributed by atoms with E-state index in [1.165, 1.54) is 14.0 Å². The van der Waals surface area contributed by atoms with E-state index >= 15 is 0 Å². The molecule has 0 amide bonds. The first kappa shape index (κ1) is 22.8. The fraction of sp³-hybridized carbons (Fsp3) is 0.938. The van der Waals surface area contributed by atoms with E-state index in [1.807, 2.05) is 0 Å². The topological polar surface area (TPSA) is 74.2 Å². The molecule has 138 valence electrons. The van der Waals surface area contributed by atoms with E-state index in [0.717, 1.165) is 25.7 Å². The van der Waals surface area contributed by atoms with Crippen molar-refractivity contribution in [3.05, 3.63) is 0 Å². The standard InChI is InChI=1S/C16H31BrO6/c1-5-7-9-21-11-13(22-10-8-6-2)15(17)23-14(12(3)18)16(19)20-4/h12-15,18H,5-11H2,1-4H3/t12-,13-,14?,15-/m0/s1. The minimum absolute atomic E-state index is 0.354. The Morgan fingerprint density at radius 3 is 2.30 bits per heavy atom. The summed E-state index contributed by atoms with van der Waals surface area (Å²) in [6.45, 7) is 7.25. The van der Waals surface area contributed by atoms with E-state index in [0.29, 0.717) is 19.8 Å². The van der Waals surface area contributed by atoms with Gasteiger partial charge in [-0.05, 0) is 19.8 Å². The summed E-state index contributed by atoms with van der Waals surface area (Å²) in [5.41, 5.74) is 0. The van der Waals surface area contributed by atoms with Crippen molar-refractivity contribution in [3.8, 4) is 0 Å². The maximum atomic E-state index is 11.7. The molecular formula is C16H31BrO6. The van der Waals surface area contributed by atoms with Gasteiger partial charge in [-0.25, -0.2) is 4.79 Å². The normalized spacial score (nSPS) is 16.6. The molecule has 1 N–H and O–H groups in total. The number of methoxy groups -OCH3 is 1. The number of rotatable bonds is 14. The monoisotopic (exact) mass is 398 g/mol. The van der Waals surface area contributed by atoms with Gasteiger partial charge < -0.3 is 24.1 Å². The Kier molecular flexibility index (Phi) is 14.0. The SMILES string of the molecule is CCCCOC[C@H](OCCCC)[C@@H](Br)OC(C(=O)OC)[C@H](C)O. The van der Waals surface area contributed by atoms with Crippen LogP contribution in [-0.4, -0.2) is 61.3 Å². The van der Waals surface area contributed by atoms with Crippen LogP contribution >= 0.6 is 15.9 Å². The van der Waals surface area contributed by atoms with E-state index in [1.54, 1.807) is 0 Å². The van der Waals surface area contributed by atoms with E-state index in [-0.39, 0.29) is 6.10 Å². The molecule has 0 aromatic carbocycles. The lowest BCUT2D eigenvalue weighted by atomic mass is 10.2. The number of hydrogen-bond donors (Lipinski definition) is 1. The zero-order chi connectivity index (χ0) is 17.7. The number of ether oxygens (including phenoxy) is 4. The maximum absolute atomic E-state index is 11.7. The number of alkyl halides is 1. The van der Waals surface area contributed by atoms with Gasteiger partial charge >= 0.3 is 5.97 Å². The molecule has 0 saturated carbocycles. The Labute approximate surface area is 147 Å². The summed E-state index contributed by atoms with van der Waals surface area (Å²) >= 11 is 3.39. The van der Waals surface area contributed by atoms with Gasteiger partial charge in [0.25, 0.3) is 0 Å². The van der Waals surface area contributed by atoms with Crippen molar-refractivity contribution in [2.75, 3.05) is 26.9 Å². The number of aliphatic hydroxyl groups is 1. The minimum Gasteiger partial charge on any atom is -0.467 e. The largest absolute Gasteiger partial charge is 0.467 e. The molecule has 0 aliphatic heterocycles. The molecule has 23 heavy (non-hydrogen) atoms. The summed E-state index contributed by atoms with van der Waals surface area (Å²) in [7, 11) is 1.26. The second-order valence-corrected chi connectivity index (χ2v) is 6.27. The summed E-state index contributed by atoms with van der Waals surface area (Å²) in [6.07, 6.45) is 1.56. The van der Waals surface area contributed by atoms with Crippen molar-refractivity contribution < 1.29 is 28.8 Å². The predicted octanol–water partition coefficient (Wildman–Crippen LogP) is 2.65. The van der Waals surface area contributed by atoms with Crippen LogP contribution in [0.5, 0.6) is 0 Å². The summed E-state index contributed by atoms with van der Waals surface area (Å²) in [5.74, 6) is -0.622. The lowest BCUT2D eigenvalue weighted by molar-refractivity contribution is -0.169. The van der Waals surface area contributed by atoms with E-state index < -0.39 is 23.2 Å². The van der Waals surface area contributed by atoms with Crippen LogP contribution in [0.1, 0.15) is 46.5 Å². The van der Waals surface area contributed by atoms with Crippen molar-refractivity contribution in [3.63, 3.8) is 0 Å². The highest BCUT2D eigenvalue weighted by atomic mass is 79.9. The highest BCUT2D eigenvalue weighted by Crippen LogP contribution is 2.18. The third kappa shape index (κ3) is 10.3. The first-order chi connectivity index (χ1) is 11.0. The van der Waals surface area contributed by atoms with Gasteiger partial charge in [-0.1, -0.05) is 42.6 Å². The third-order valence-electron chi connectivity index (χ3n) is 3.19. The number of carbonyl (C=O) groups is 1. The van der Waals surface area contributed by atoms with Gasteiger partial charge in [0.1, 0.15) is 11.1 Å². The fourth-order valence-electron chi connectivity index (χ4n) is 1.73. The first-order valence-electron chi connectivity index (χ1n) is 8.22. The van der Waals surface area contributed by atoms with Crippen LogP contribution in [0.4, 0.5) is 0 Å². The molecule has 0 aromatic rings. The minimum atomic E-state index is -1.07. The number of aliphatic hydroxyl groups excluding tert-OH is 1. The summed E-state index contributed by atoms with van der Waals surface area (Å²) in [5, 5.41) is 9.10. The molecule has 0 heterocycles. The van der Waals surface area contributed by atoms with Crippen molar-refractivity contribution >= 4 is 21.9 Å². The second-order valence-electron chi connectivity index (χ2n) is 5.36. The highest BCUT2D eigenvalue weighted by Gasteiger charge is 2.31. The number of esters is 1. The summed E-state index contributed by atoms with van der Waals surface area (Å²) < 4.78 is 21.6. The average Bonchev–Trinajstić information content (AvgIpc) is 2.53. The van der Waals surface area contributed by atoms with Crippen molar-refractivity contribution in [2.45, 2.75) is 69.8 Å². The van der Waals surface area contributed by atoms with Gasteiger partial charge in [0.2, 0.25) is 0 Å². The number of unbranched alkanes of at least 4 members (excludes halogenated alkanes) is 2. The molecule has 6 nitrogen and oxygen atoms in total. The van der Waals surface area contributed by atoms with Gasteiger partial charge in [0, 0.05) is 13.2 Å². The Morgan fingerprint density at radius 2 is 1.78 bits per heavy atom. The quantitative estimate of drug-likeness (QED) is 0.275. The van der Waals surface area contributed by atoms with Crippen LogP contribution in [0.3, 0.4) is 0 Å².